The van der Waals surface area contributed by atoms with Crippen LogP contribution in [0.1, 0.15) is 63.9 Å². The number of benzene rings is 1. The molecule has 126 valence electrons. The lowest BCUT2D eigenvalue weighted by molar-refractivity contribution is -0.127. The average Bonchev–Trinajstić information content (AvgIpc) is 2.60. The van der Waals surface area contributed by atoms with Gasteiger partial charge >= 0.3 is 0 Å². The van der Waals surface area contributed by atoms with E-state index in [4.69, 9.17) is 0 Å². The molecule has 2 N–H and O–H groups in total. The van der Waals surface area contributed by atoms with E-state index in [1.807, 2.05) is 24.3 Å². The van der Waals surface area contributed by atoms with Gasteiger partial charge in [-0.15, -0.1) is 0 Å². The Kier molecular flexibility index (Phi) is 6.20. The predicted molar refractivity (Wildman–Crippen MR) is 93.4 cm³/mol. The Balaban J connectivity index is 2.13. The Morgan fingerprint density at radius 2 is 1.74 bits per heavy atom. The SMILES string of the molecule is CCCCC(=O)Nc1ccc(C2(C(=O)NC)CCCCC2)cc1. The van der Waals surface area contributed by atoms with Crippen LogP contribution in [0.4, 0.5) is 5.69 Å². The second-order valence-electron chi connectivity index (χ2n) is 6.45. The smallest absolute Gasteiger partial charge is 0.230 e. The van der Waals surface area contributed by atoms with Gasteiger partial charge in [0.15, 0.2) is 0 Å². The molecule has 0 atom stereocenters. The number of carbonyl (C=O) groups is 2. The molecule has 1 aromatic carbocycles. The quantitative estimate of drug-likeness (QED) is 0.839. The molecule has 0 bridgehead atoms. The highest BCUT2D eigenvalue weighted by Gasteiger charge is 2.40. The van der Waals surface area contributed by atoms with Gasteiger partial charge in [-0.3, -0.25) is 9.59 Å². The zero-order valence-electron chi connectivity index (χ0n) is 14.3. The minimum atomic E-state index is -0.405. The van der Waals surface area contributed by atoms with E-state index in [2.05, 4.69) is 17.6 Å². The Hall–Kier alpha value is -1.84. The van der Waals surface area contributed by atoms with E-state index in [0.717, 1.165) is 49.8 Å². The van der Waals surface area contributed by atoms with Crippen molar-refractivity contribution in [2.24, 2.45) is 0 Å². The second kappa shape index (κ2) is 8.14. The zero-order valence-corrected chi connectivity index (χ0v) is 14.3. The largest absolute Gasteiger partial charge is 0.358 e. The average molecular weight is 316 g/mol. The highest BCUT2D eigenvalue weighted by Crippen LogP contribution is 2.40. The van der Waals surface area contributed by atoms with Crippen LogP contribution in [-0.4, -0.2) is 18.9 Å². The van der Waals surface area contributed by atoms with Gasteiger partial charge in [-0.1, -0.05) is 44.7 Å². The maximum atomic E-state index is 12.5. The van der Waals surface area contributed by atoms with Crippen LogP contribution < -0.4 is 10.6 Å². The molecule has 0 aliphatic heterocycles. The van der Waals surface area contributed by atoms with Crippen LogP contribution in [0.2, 0.25) is 0 Å². The Morgan fingerprint density at radius 3 is 2.30 bits per heavy atom. The summed E-state index contributed by atoms with van der Waals surface area (Å²) in [6.45, 7) is 2.07. The summed E-state index contributed by atoms with van der Waals surface area (Å²) in [6, 6.07) is 7.82. The molecule has 4 nitrogen and oxygen atoms in total. The van der Waals surface area contributed by atoms with E-state index in [1.165, 1.54) is 6.42 Å². The highest BCUT2D eigenvalue weighted by molar-refractivity contribution is 5.91. The third-order valence-corrected chi connectivity index (χ3v) is 4.85. The van der Waals surface area contributed by atoms with E-state index in [-0.39, 0.29) is 11.8 Å². The van der Waals surface area contributed by atoms with Crippen molar-refractivity contribution in [2.75, 3.05) is 12.4 Å². The predicted octanol–water partition coefficient (Wildman–Crippen LogP) is 3.76. The monoisotopic (exact) mass is 316 g/mol. The molecule has 0 heterocycles. The number of nitrogens with one attached hydrogen (secondary N) is 2. The summed E-state index contributed by atoms with van der Waals surface area (Å²) in [5.41, 5.74) is 1.46. The molecule has 2 amide bonds. The normalized spacial score (nSPS) is 16.6. The lowest BCUT2D eigenvalue weighted by Gasteiger charge is -2.36. The summed E-state index contributed by atoms with van der Waals surface area (Å²) in [6.07, 6.45) is 7.64. The van der Waals surface area contributed by atoms with Gasteiger partial charge in [-0.25, -0.2) is 0 Å². The lowest BCUT2D eigenvalue weighted by atomic mass is 9.68. The molecular weight excluding hydrogens is 288 g/mol. The fourth-order valence-corrected chi connectivity index (χ4v) is 3.47. The maximum absolute atomic E-state index is 12.5. The highest BCUT2D eigenvalue weighted by atomic mass is 16.2. The number of likely N-dealkylation sites (N-methyl/N-ethyl adjacent to an activating group) is 1. The van der Waals surface area contributed by atoms with Gasteiger partial charge in [-0.05, 0) is 37.0 Å². The van der Waals surface area contributed by atoms with Crippen LogP contribution in [0.15, 0.2) is 24.3 Å². The second-order valence-corrected chi connectivity index (χ2v) is 6.45. The molecule has 1 aromatic rings. The molecule has 0 unspecified atom stereocenters. The van der Waals surface area contributed by atoms with Gasteiger partial charge in [-0.2, -0.15) is 0 Å². The number of hydrogen-bond donors (Lipinski definition) is 2. The molecule has 1 fully saturated rings. The van der Waals surface area contributed by atoms with Crippen LogP contribution in [0.3, 0.4) is 0 Å². The van der Waals surface area contributed by atoms with E-state index in [0.29, 0.717) is 6.42 Å². The van der Waals surface area contributed by atoms with Crippen molar-refractivity contribution < 1.29 is 9.59 Å². The number of anilines is 1. The summed E-state index contributed by atoms with van der Waals surface area (Å²) in [5, 5.41) is 5.76. The first-order chi connectivity index (χ1) is 11.1. The van der Waals surface area contributed by atoms with Crippen molar-refractivity contribution in [3.8, 4) is 0 Å². The first kappa shape index (κ1) is 17.5. The van der Waals surface area contributed by atoms with Crippen LogP contribution >= 0.6 is 0 Å². The van der Waals surface area contributed by atoms with Gasteiger partial charge in [0.2, 0.25) is 11.8 Å². The number of rotatable bonds is 6. The van der Waals surface area contributed by atoms with Crippen LogP contribution in [-0.2, 0) is 15.0 Å². The lowest BCUT2D eigenvalue weighted by Crippen LogP contribution is -2.44. The molecule has 23 heavy (non-hydrogen) atoms. The minimum Gasteiger partial charge on any atom is -0.358 e. The topological polar surface area (TPSA) is 58.2 Å². The molecule has 0 radical (unpaired) electrons. The summed E-state index contributed by atoms with van der Waals surface area (Å²) >= 11 is 0. The van der Waals surface area contributed by atoms with Gasteiger partial charge in [0.05, 0.1) is 5.41 Å². The van der Waals surface area contributed by atoms with Crippen molar-refractivity contribution in [3.63, 3.8) is 0 Å². The van der Waals surface area contributed by atoms with E-state index < -0.39 is 5.41 Å². The number of unbranched alkanes of at least 4 members (excludes halogenated alkanes) is 1. The summed E-state index contributed by atoms with van der Waals surface area (Å²) < 4.78 is 0. The molecule has 0 saturated heterocycles. The third-order valence-electron chi connectivity index (χ3n) is 4.85. The fourth-order valence-electron chi connectivity index (χ4n) is 3.47. The van der Waals surface area contributed by atoms with E-state index >= 15 is 0 Å². The molecule has 0 spiro atoms. The number of amides is 2. The van der Waals surface area contributed by atoms with Gasteiger partial charge in [0.1, 0.15) is 0 Å². The third kappa shape index (κ3) is 4.12. The zero-order chi connectivity index (χ0) is 16.7. The molecule has 1 aliphatic carbocycles. The van der Waals surface area contributed by atoms with Crippen LogP contribution in [0, 0.1) is 0 Å². The molecule has 1 saturated carbocycles. The molecule has 4 heteroatoms. The van der Waals surface area contributed by atoms with E-state index in [9.17, 15) is 9.59 Å². The van der Waals surface area contributed by atoms with Crippen molar-refractivity contribution in [2.45, 2.75) is 63.7 Å². The molecular formula is C19H28N2O2. The molecule has 0 aromatic heterocycles. The van der Waals surface area contributed by atoms with E-state index in [1.54, 1.807) is 7.05 Å². The summed E-state index contributed by atoms with van der Waals surface area (Å²) in [4.78, 5) is 24.3. The Morgan fingerprint density at radius 1 is 1.09 bits per heavy atom. The van der Waals surface area contributed by atoms with Gasteiger partial charge in [0, 0.05) is 19.2 Å². The van der Waals surface area contributed by atoms with Gasteiger partial charge < -0.3 is 10.6 Å². The van der Waals surface area contributed by atoms with Crippen molar-refractivity contribution >= 4 is 17.5 Å². The van der Waals surface area contributed by atoms with Gasteiger partial charge in [0.25, 0.3) is 0 Å². The molecule has 1 aliphatic rings. The number of hydrogen-bond acceptors (Lipinski definition) is 2. The number of carbonyl (C=O) groups excluding carboxylic acids is 2. The Labute approximate surface area is 139 Å². The standard InChI is InChI=1S/C19H28N2O2/c1-3-4-8-17(22)21-16-11-9-15(10-12-16)19(18(23)20-2)13-6-5-7-14-19/h9-12H,3-8,13-14H2,1-2H3,(H,20,23)(H,21,22). The minimum absolute atomic E-state index is 0.0540. The summed E-state index contributed by atoms with van der Waals surface area (Å²) in [7, 11) is 1.71. The summed E-state index contributed by atoms with van der Waals surface area (Å²) in [5.74, 6) is 0.162. The van der Waals surface area contributed by atoms with Crippen molar-refractivity contribution in [3.05, 3.63) is 29.8 Å². The maximum Gasteiger partial charge on any atom is 0.230 e. The van der Waals surface area contributed by atoms with Crippen molar-refractivity contribution in [1.29, 1.82) is 0 Å². The first-order valence-corrected chi connectivity index (χ1v) is 8.75. The van der Waals surface area contributed by atoms with Crippen LogP contribution in [0.25, 0.3) is 0 Å². The Bertz CT molecular complexity index is 531. The molecule has 2 rings (SSSR count). The van der Waals surface area contributed by atoms with Crippen molar-refractivity contribution in [1.82, 2.24) is 5.32 Å². The first-order valence-electron chi connectivity index (χ1n) is 8.75. The fraction of sp³-hybridized carbons (Fsp3) is 0.579. The van der Waals surface area contributed by atoms with Crippen LogP contribution in [0.5, 0.6) is 0 Å².